The Balaban J connectivity index is 0.981. The smallest absolute Gasteiger partial charge is 0.392 e. The van der Waals surface area contributed by atoms with Crippen molar-refractivity contribution < 1.29 is 36.7 Å². The predicted molar refractivity (Wildman–Crippen MR) is 191 cm³/mol. The van der Waals surface area contributed by atoms with E-state index in [1.54, 1.807) is 41.3 Å². The first-order valence-corrected chi connectivity index (χ1v) is 17.7. The maximum Gasteiger partial charge on any atom is 0.392 e. The van der Waals surface area contributed by atoms with E-state index in [0.29, 0.717) is 61.0 Å². The van der Waals surface area contributed by atoms with Gasteiger partial charge in [0, 0.05) is 53.6 Å². The summed E-state index contributed by atoms with van der Waals surface area (Å²) in [4.78, 5) is 55.1. The molecule has 7 rings (SSSR count). The number of amides is 3. The second-order valence-electron chi connectivity index (χ2n) is 13.8. The van der Waals surface area contributed by atoms with E-state index in [0.717, 1.165) is 18.4 Å². The molecule has 1 aliphatic carbocycles. The van der Waals surface area contributed by atoms with Gasteiger partial charge in [0.1, 0.15) is 12.4 Å². The van der Waals surface area contributed by atoms with Crippen LogP contribution in [0.25, 0.3) is 0 Å². The molecule has 1 aromatic heterocycles. The Morgan fingerprint density at radius 3 is 2.09 bits per heavy atom. The molecule has 2 aliphatic heterocycles. The van der Waals surface area contributed by atoms with Crippen molar-refractivity contribution in [1.82, 2.24) is 24.8 Å². The number of carbonyl (C=O) groups excluding carboxylic acids is 3. The SMILES string of the molecule is O=C(Nc1ccc(F)cc1)C(=O)N1CCC2(CCN(C(=O)c3ccc(Nc4nc(NC5(c6ccc(Cl)cc6)CC5)nc(OCCC(F)(F)F)n4)cc3)C2)C1. The minimum atomic E-state index is -4.42. The number of benzene rings is 3. The molecule has 1 spiro atoms. The number of nitrogens with one attached hydrogen (secondary N) is 3. The van der Waals surface area contributed by atoms with Crippen LogP contribution in [0, 0.1) is 11.2 Å². The summed E-state index contributed by atoms with van der Waals surface area (Å²) in [6, 6.07) is 18.8. The average molecular weight is 767 g/mol. The monoisotopic (exact) mass is 766 g/mol. The molecule has 3 heterocycles. The summed E-state index contributed by atoms with van der Waals surface area (Å²) in [5.41, 5.74) is 1.39. The van der Waals surface area contributed by atoms with Crippen LogP contribution in [-0.2, 0) is 15.1 Å². The maximum absolute atomic E-state index is 13.5. The molecule has 17 heteroatoms. The zero-order valence-electron chi connectivity index (χ0n) is 28.8. The highest BCUT2D eigenvalue weighted by Crippen LogP contribution is 2.48. The topological polar surface area (TPSA) is 142 Å². The third-order valence-electron chi connectivity index (χ3n) is 9.86. The van der Waals surface area contributed by atoms with Crippen molar-refractivity contribution >= 4 is 52.6 Å². The summed E-state index contributed by atoms with van der Waals surface area (Å²) in [6.45, 7) is 0.942. The van der Waals surface area contributed by atoms with Crippen LogP contribution in [0.3, 0.4) is 0 Å². The van der Waals surface area contributed by atoms with Gasteiger partial charge in [0.05, 0.1) is 12.0 Å². The number of hydrogen-bond acceptors (Lipinski definition) is 9. The molecule has 54 heavy (non-hydrogen) atoms. The van der Waals surface area contributed by atoms with Crippen LogP contribution < -0.4 is 20.7 Å². The quantitative estimate of drug-likeness (QED) is 0.121. The zero-order valence-corrected chi connectivity index (χ0v) is 29.5. The number of aromatic nitrogens is 3. The number of carbonyl (C=O) groups is 3. The fourth-order valence-electron chi connectivity index (χ4n) is 6.80. The summed E-state index contributed by atoms with van der Waals surface area (Å²) in [7, 11) is 0. The molecule has 1 atom stereocenters. The van der Waals surface area contributed by atoms with E-state index < -0.39 is 42.4 Å². The highest BCUT2D eigenvalue weighted by molar-refractivity contribution is 6.39. The van der Waals surface area contributed by atoms with E-state index in [9.17, 15) is 31.9 Å². The van der Waals surface area contributed by atoms with Crippen LogP contribution >= 0.6 is 11.6 Å². The molecule has 282 valence electrons. The van der Waals surface area contributed by atoms with Crippen molar-refractivity contribution in [3.63, 3.8) is 0 Å². The molecule has 1 unspecified atom stereocenters. The van der Waals surface area contributed by atoms with Crippen LogP contribution in [0.15, 0.2) is 72.8 Å². The minimum Gasteiger partial charge on any atom is -0.463 e. The molecule has 12 nitrogen and oxygen atoms in total. The number of nitrogens with zero attached hydrogens (tertiary/aromatic N) is 5. The molecule has 2 saturated heterocycles. The van der Waals surface area contributed by atoms with Gasteiger partial charge in [0.2, 0.25) is 11.9 Å². The molecule has 3 N–H and O–H groups in total. The predicted octanol–water partition coefficient (Wildman–Crippen LogP) is 6.54. The number of rotatable bonds is 10. The number of anilines is 4. The van der Waals surface area contributed by atoms with Crippen molar-refractivity contribution in [2.45, 2.75) is 43.8 Å². The van der Waals surface area contributed by atoms with Crippen molar-refractivity contribution in [1.29, 1.82) is 0 Å². The van der Waals surface area contributed by atoms with Crippen LogP contribution in [0.4, 0.5) is 40.8 Å². The first-order chi connectivity index (χ1) is 25.8. The molecular formula is C37H35ClF4N8O4. The highest BCUT2D eigenvalue weighted by Gasteiger charge is 2.47. The highest BCUT2D eigenvalue weighted by atomic mass is 35.5. The third-order valence-corrected chi connectivity index (χ3v) is 10.1. The Kier molecular flexibility index (Phi) is 10.0. The summed E-state index contributed by atoms with van der Waals surface area (Å²) >= 11 is 6.06. The van der Waals surface area contributed by atoms with Gasteiger partial charge < -0.3 is 30.5 Å². The maximum atomic E-state index is 13.5. The van der Waals surface area contributed by atoms with E-state index >= 15 is 0 Å². The van der Waals surface area contributed by atoms with Crippen LogP contribution in [0.5, 0.6) is 6.01 Å². The summed E-state index contributed by atoms with van der Waals surface area (Å²) in [6.07, 6.45) is -2.75. The average Bonchev–Trinajstić information content (AvgIpc) is 3.60. The van der Waals surface area contributed by atoms with Crippen molar-refractivity contribution in [2.24, 2.45) is 5.41 Å². The first-order valence-electron chi connectivity index (χ1n) is 17.3. The van der Waals surface area contributed by atoms with Crippen LogP contribution in [0.1, 0.15) is 48.0 Å². The number of halogens is 5. The van der Waals surface area contributed by atoms with Gasteiger partial charge in [-0.1, -0.05) is 23.7 Å². The lowest BCUT2D eigenvalue weighted by atomic mass is 9.86. The summed E-state index contributed by atoms with van der Waals surface area (Å²) in [5, 5.41) is 9.40. The second-order valence-corrected chi connectivity index (χ2v) is 14.2. The first kappa shape index (κ1) is 36.8. The molecular weight excluding hydrogens is 732 g/mol. The second kappa shape index (κ2) is 14.7. The van der Waals surface area contributed by atoms with Gasteiger partial charge >= 0.3 is 24.0 Å². The number of hydrogen-bond donors (Lipinski definition) is 3. The minimum absolute atomic E-state index is 0.0219. The lowest BCUT2D eigenvalue weighted by Crippen LogP contribution is -2.40. The lowest BCUT2D eigenvalue weighted by molar-refractivity contribution is -0.142. The molecule has 3 aliphatic rings. The van der Waals surface area contributed by atoms with Gasteiger partial charge in [0.25, 0.3) is 5.91 Å². The van der Waals surface area contributed by atoms with Crippen molar-refractivity contribution in [3.8, 4) is 6.01 Å². The third kappa shape index (κ3) is 8.65. The largest absolute Gasteiger partial charge is 0.463 e. The standard InChI is InChI=1S/C37H35ClF4N8O4/c38-25-5-3-24(4-6-25)36(13-14-36)48-33-45-32(46-34(47-33)54-20-17-37(40,41)42)44-28-9-1-23(2-10-28)30(52)49-18-15-35(21-49)16-19-50(22-35)31(53)29(51)43-27-11-7-26(39)8-12-27/h1-12H,13-22H2,(H,43,51)(H2,44,45,46,47,48). The van der Waals surface area contributed by atoms with E-state index in [4.69, 9.17) is 16.3 Å². The molecule has 0 radical (unpaired) electrons. The van der Waals surface area contributed by atoms with Crippen LogP contribution in [-0.4, -0.2) is 81.4 Å². The lowest BCUT2D eigenvalue weighted by Gasteiger charge is -2.24. The Morgan fingerprint density at radius 2 is 1.43 bits per heavy atom. The number of likely N-dealkylation sites (tertiary alicyclic amines) is 2. The Labute approximate surface area is 312 Å². The molecule has 3 amide bonds. The Hall–Kier alpha value is -5.51. The molecule has 0 bridgehead atoms. The van der Waals surface area contributed by atoms with Gasteiger partial charge in [-0.15, -0.1) is 0 Å². The summed E-state index contributed by atoms with van der Waals surface area (Å²) < 4.78 is 57.0. The molecule has 3 fully saturated rings. The zero-order chi connectivity index (χ0) is 38.1. The molecule has 4 aromatic rings. The fraction of sp³-hybridized carbons (Fsp3) is 0.351. The van der Waals surface area contributed by atoms with Gasteiger partial charge in [-0.3, -0.25) is 14.4 Å². The molecule has 3 aromatic carbocycles. The normalized spacial score (nSPS) is 18.8. The summed E-state index contributed by atoms with van der Waals surface area (Å²) in [5.74, 6) is -2.01. The Bertz CT molecular complexity index is 2030. The number of alkyl halides is 3. The molecule has 1 saturated carbocycles. The van der Waals surface area contributed by atoms with Gasteiger partial charge in [-0.2, -0.15) is 28.1 Å². The van der Waals surface area contributed by atoms with Gasteiger partial charge in [0.15, 0.2) is 0 Å². The van der Waals surface area contributed by atoms with Gasteiger partial charge in [-0.05, 0) is 91.9 Å². The van der Waals surface area contributed by atoms with Crippen molar-refractivity contribution in [2.75, 3.05) is 48.7 Å². The van der Waals surface area contributed by atoms with Crippen LogP contribution in [0.2, 0.25) is 5.02 Å². The Morgan fingerprint density at radius 1 is 0.796 bits per heavy atom. The fourth-order valence-corrected chi connectivity index (χ4v) is 6.93. The van der Waals surface area contributed by atoms with Crippen molar-refractivity contribution in [3.05, 3.63) is 94.8 Å². The van der Waals surface area contributed by atoms with E-state index in [-0.39, 0.29) is 29.2 Å². The van der Waals surface area contributed by atoms with E-state index in [1.165, 1.54) is 29.2 Å². The number of ether oxygens (including phenoxy) is 1. The van der Waals surface area contributed by atoms with E-state index in [2.05, 4.69) is 30.9 Å². The van der Waals surface area contributed by atoms with E-state index in [1.807, 2.05) is 12.1 Å². The van der Waals surface area contributed by atoms with Gasteiger partial charge in [-0.25, -0.2) is 4.39 Å².